The van der Waals surface area contributed by atoms with Crippen molar-refractivity contribution in [3.05, 3.63) is 35.6 Å². The third kappa shape index (κ3) is 2.89. The molecule has 0 bridgehead atoms. The van der Waals surface area contributed by atoms with Crippen LogP contribution in [0.1, 0.15) is 5.56 Å². The average molecular weight is 154 g/mol. The van der Waals surface area contributed by atoms with Crippen LogP contribution in [0.15, 0.2) is 18.2 Å². The number of hydrogen-bond acceptors (Lipinski definition) is 0. The fourth-order valence-electron chi connectivity index (χ4n) is 0.484. The molecule has 0 fully saturated rings. The van der Waals surface area contributed by atoms with Crippen LogP contribution < -0.4 is 0 Å². The molecule has 0 unspecified atom stereocenters. The van der Waals surface area contributed by atoms with Gasteiger partial charge in [-0.05, 0) is 0 Å². The van der Waals surface area contributed by atoms with Gasteiger partial charge in [-0.2, -0.15) is 17.7 Å². The zero-order valence-corrected chi connectivity index (χ0v) is 6.99. The maximum atomic E-state index is 12.1. The minimum Gasteiger partial charge on any atom is -0.284 e. The maximum Gasteiger partial charge on any atom is 0.00872 e. The molecule has 1 aromatic carbocycles. The maximum absolute atomic E-state index is 12.1. The van der Waals surface area contributed by atoms with Gasteiger partial charge >= 0.3 is 0 Å². The van der Waals surface area contributed by atoms with Gasteiger partial charge in [-0.15, -0.1) is 12.1 Å². The van der Waals surface area contributed by atoms with Crippen LogP contribution in [0.4, 0.5) is 4.39 Å². The minimum absolute atomic E-state index is 0. The number of aryl methyl sites for hydroxylation is 1. The third-order valence-electron chi connectivity index (χ3n) is 0.930. The Morgan fingerprint density at radius 1 is 1.44 bits per heavy atom. The second-order valence-corrected chi connectivity index (χ2v) is 1.69. The Morgan fingerprint density at radius 2 is 2.11 bits per heavy atom. The normalized spacial score (nSPS) is 8.22. The molecule has 1 rings (SSSR count). The summed E-state index contributed by atoms with van der Waals surface area (Å²) in [4.78, 5) is 0. The Balaban J connectivity index is 0.000000640. The van der Waals surface area contributed by atoms with Crippen LogP contribution in [-0.2, 0) is 25.8 Å². The van der Waals surface area contributed by atoms with Gasteiger partial charge in [0.25, 0.3) is 0 Å². The molecule has 0 heterocycles. The summed E-state index contributed by atoms with van der Waals surface area (Å²) in [6.07, 6.45) is 0. The fraction of sp³-hybridized carbons (Fsp3) is 0.143. The molecule has 9 heavy (non-hydrogen) atoms. The van der Waals surface area contributed by atoms with Crippen molar-refractivity contribution in [1.82, 2.24) is 0 Å². The Morgan fingerprint density at radius 3 is 2.44 bits per heavy atom. The summed E-state index contributed by atoms with van der Waals surface area (Å²) in [7, 11) is 0. The van der Waals surface area contributed by atoms with E-state index in [9.17, 15) is 4.39 Å². The number of hydrogen-bond donors (Lipinski definition) is 0. The topological polar surface area (TPSA) is 0 Å². The number of benzene rings is 1. The molecule has 0 saturated carbocycles. The molecular formula is C7H6FSc-. The van der Waals surface area contributed by atoms with Gasteiger partial charge < -0.3 is 0 Å². The van der Waals surface area contributed by atoms with Crippen molar-refractivity contribution in [1.29, 1.82) is 0 Å². The largest absolute Gasteiger partial charge is 0.284 e. The Kier molecular flexibility index (Phi) is 3.95. The first-order valence-corrected chi connectivity index (χ1v) is 2.43. The van der Waals surface area contributed by atoms with Crippen molar-refractivity contribution in [2.45, 2.75) is 6.92 Å². The van der Waals surface area contributed by atoms with Crippen molar-refractivity contribution in [2.75, 3.05) is 0 Å². The Bertz CT molecular complexity index is 148. The van der Waals surface area contributed by atoms with Gasteiger partial charge in [0.15, 0.2) is 0 Å². The standard InChI is InChI=1S/C7H6F.Sc/c1-6-2-4-7(8)5-3-6;/h2,4-5H,1H3;/q-1;. The van der Waals surface area contributed by atoms with E-state index in [1.165, 1.54) is 12.1 Å². The molecule has 1 aromatic rings. The molecular weight excluding hydrogens is 148 g/mol. The predicted molar refractivity (Wildman–Crippen MR) is 30.0 cm³/mol. The van der Waals surface area contributed by atoms with E-state index in [0.717, 1.165) is 5.56 Å². The van der Waals surface area contributed by atoms with Crippen LogP contribution in [0.25, 0.3) is 0 Å². The molecule has 0 nitrogen and oxygen atoms in total. The van der Waals surface area contributed by atoms with Gasteiger partial charge in [-0.1, -0.05) is 6.92 Å². The first-order valence-electron chi connectivity index (χ1n) is 2.43. The molecule has 0 aliphatic carbocycles. The first-order chi connectivity index (χ1) is 3.79. The fourth-order valence-corrected chi connectivity index (χ4v) is 0.484. The van der Waals surface area contributed by atoms with E-state index >= 15 is 0 Å². The summed E-state index contributed by atoms with van der Waals surface area (Å²) in [5, 5.41) is 0. The summed E-state index contributed by atoms with van der Waals surface area (Å²) in [5.74, 6) is -0.226. The third-order valence-corrected chi connectivity index (χ3v) is 0.930. The Hall–Kier alpha value is 0.0201. The number of halogens is 1. The summed E-state index contributed by atoms with van der Waals surface area (Å²) in [5.41, 5.74) is 0.964. The molecule has 0 saturated heterocycles. The quantitative estimate of drug-likeness (QED) is 0.501. The molecule has 0 N–H and O–H groups in total. The molecule has 0 aliphatic rings. The van der Waals surface area contributed by atoms with Gasteiger partial charge in [-0.25, -0.2) is 0 Å². The van der Waals surface area contributed by atoms with E-state index in [1.807, 2.05) is 6.92 Å². The van der Waals surface area contributed by atoms with Gasteiger partial charge in [0, 0.05) is 31.7 Å². The van der Waals surface area contributed by atoms with Crippen molar-refractivity contribution in [3.63, 3.8) is 0 Å². The number of rotatable bonds is 0. The molecule has 2 heteroatoms. The molecule has 0 aromatic heterocycles. The van der Waals surface area contributed by atoms with E-state index in [-0.39, 0.29) is 31.7 Å². The van der Waals surface area contributed by atoms with E-state index in [2.05, 4.69) is 6.07 Å². The van der Waals surface area contributed by atoms with Crippen LogP contribution in [-0.4, -0.2) is 0 Å². The van der Waals surface area contributed by atoms with E-state index < -0.39 is 0 Å². The van der Waals surface area contributed by atoms with E-state index in [0.29, 0.717) is 0 Å². The second-order valence-electron chi connectivity index (χ2n) is 1.69. The monoisotopic (exact) mass is 154 g/mol. The molecule has 0 atom stereocenters. The average Bonchev–Trinajstić information content (AvgIpc) is 1.77. The molecule has 0 aliphatic heterocycles. The first kappa shape index (κ1) is 9.02. The van der Waals surface area contributed by atoms with Crippen molar-refractivity contribution in [3.8, 4) is 0 Å². The van der Waals surface area contributed by atoms with Gasteiger partial charge in [0.2, 0.25) is 0 Å². The summed E-state index contributed by atoms with van der Waals surface area (Å²) < 4.78 is 12.1. The molecule has 45 valence electrons. The molecule has 0 amide bonds. The molecule has 1 radical (unpaired) electrons. The van der Waals surface area contributed by atoms with E-state index in [1.54, 1.807) is 6.07 Å². The zero-order chi connectivity index (χ0) is 5.98. The summed E-state index contributed by atoms with van der Waals surface area (Å²) >= 11 is 0. The Labute approximate surface area is 72.9 Å². The van der Waals surface area contributed by atoms with Crippen LogP contribution in [0.3, 0.4) is 0 Å². The van der Waals surface area contributed by atoms with Crippen molar-refractivity contribution >= 4 is 0 Å². The van der Waals surface area contributed by atoms with Crippen LogP contribution in [0.5, 0.6) is 0 Å². The van der Waals surface area contributed by atoms with Crippen LogP contribution in [0, 0.1) is 18.8 Å². The van der Waals surface area contributed by atoms with Crippen LogP contribution >= 0.6 is 0 Å². The van der Waals surface area contributed by atoms with Crippen molar-refractivity contribution in [2.24, 2.45) is 0 Å². The van der Waals surface area contributed by atoms with Gasteiger partial charge in [-0.3, -0.25) is 4.39 Å². The SMILES string of the molecule is Cc1[c-]cc(F)cc1.[Sc]. The smallest absolute Gasteiger partial charge is 0.00872 e. The zero-order valence-electron chi connectivity index (χ0n) is 5.19. The molecule has 0 spiro atoms. The van der Waals surface area contributed by atoms with E-state index in [4.69, 9.17) is 0 Å². The van der Waals surface area contributed by atoms with Gasteiger partial charge in [0.1, 0.15) is 0 Å². The summed E-state index contributed by atoms with van der Waals surface area (Å²) in [6.45, 7) is 1.87. The van der Waals surface area contributed by atoms with Crippen LogP contribution in [0.2, 0.25) is 0 Å². The van der Waals surface area contributed by atoms with Gasteiger partial charge in [0.05, 0.1) is 0 Å². The summed E-state index contributed by atoms with van der Waals surface area (Å²) in [6, 6.07) is 7.17. The predicted octanol–water partition coefficient (Wildman–Crippen LogP) is 1.93. The van der Waals surface area contributed by atoms with Crippen molar-refractivity contribution < 1.29 is 30.2 Å². The minimum atomic E-state index is -0.226. The second kappa shape index (κ2) is 3.94.